The molecule has 0 fully saturated rings. The third kappa shape index (κ3) is 4.70. The van der Waals surface area contributed by atoms with Crippen LogP contribution in [0, 0.1) is 0 Å². The van der Waals surface area contributed by atoms with Crippen LogP contribution in [0.2, 0.25) is 0 Å². The van der Waals surface area contributed by atoms with Crippen LogP contribution in [0.4, 0.5) is 0 Å². The molecule has 0 unspecified atom stereocenters. The number of ether oxygens (including phenoxy) is 3. The van der Waals surface area contributed by atoms with Crippen LogP contribution >= 0.6 is 0 Å². The van der Waals surface area contributed by atoms with Gasteiger partial charge in [-0.3, -0.25) is 4.79 Å². The molecule has 0 bridgehead atoms. The van der Waals surface area contributed by atoms with Crippen LogP contribution in [0.1, 0.15) is 21.5 Å². The van der Waals surface area contributed by atoms with Crippen molar-refractivity contribution in [3.63, 3.8) is 0 Å². The van der Waals surface area contributed by atoms with E-state index >= 15 is 0 Å². The lowest BCUT2D eigenvalue weighted by molar-refractivity contribution is 0.0953. The van der Waals surface area contributed by atoms with E-state index in [2.05, 4.69) is 16.4 Å². The number of hydrogen-bond donors (Lipinski definition) is 2. The molecule has 1 amide bonds. The molecule has 3 aromatic carbocycles. The second-order valence-corrected chi connectivity index (χ2v) is 7.35. The van der Waals surface area contributed by atoms with E-state index in [1.165, 1.54) is 10.9 Å². The zero-order valence-electron chi connectivity index (χ0n) is 18.2. The zero-order valence-corrected chi connectivity index (χ0v) is 18.2. The van der Waals surface area contributed by atoms with Crippen molar-refractivity contribution in [2.24, 2.45) is 0 Å². The highest BCUT2D eigenvalue weighted by Crippen LogP contribution is 2.39. The SMILES string of the molecule is COc1cc(C(=O)NCCc2c[nH]c3ccccc23)cc(OC)c1OCc1ccccc1. The molecule has 6 heteroatoms. The van der Waals surface area contributed by atoms with Gasteiger partial charge in [-0.2, -0.15) is 0 Å². The van der Waals surface area contributed by atoms with Crippen LogP contribution < -0.4 is 19.5 Å². The lowest BCUT2D eigenvalue weighted by Gasteiger charge is -2.16. The fraction of sp³-hybridized carbons (Fsp3) is 0.192. The molecule has 2 N–H and O–H groups in total. The summed E-state index contributed by atoms with van der Waals surface area (Å²) in [7, 11) is 3.09. The highest BCUT2D eigenvalue weighted by atomic mass is 16.5. The Hall–Kier alpha value is -3.93. The summed E-state index contributed by atoms with van der Waals surface area (Å²) in [5.74, 6) is 1.16. The van der Waals surface area contributed by atoms with Crippen molar-refractivity contribution in [2.75, 3.05) is 20.8 Å². The molecule has 6 nitrogen and oxygen atoms in total. The molecule has 0 aliphatic carbocycles. The number of benzene rings is 3. The maximum Gasteiger partial charge on any atom is 0.251 e. The number of nitrogens with one attached hydrogen (secondary N) is 2. The third-order valence-electron chi connectivity index (χ3n) is 5.30. The number of fused-ring (bicyclic) bond motifs is 1. The molecule has 0 aliphatic rings. The summed E-state index contributed by atoms with van der Waals surface area (Å²) >= 11 is 0. The number of aromatic nitrogens is 1. The van der Waals surface area contributed by atoms with Gasteiger partial charge in [0.1, 0.15) is 6.61 Å². The van der Waals surface area contributed by atoms with Crippen molar-refractivity contribution in [1.29, 1.82) is 0 Å². The number of H-pyrrole nitrogens is 1. The van der Waals surface area contributed by atoms with Gasteiger partial charge in [0, 0.05) is 29.2 Å². The van der Waals surface area contributed by atoms with Gasteiger partial charge in [0.25, 0.3) is 5.91 Å². The number of hydrogen-bond acceptors (Lipinski definition) is 4. The molecule has 1 heterocycles. The van der Waals surface area contributed by atoms with Gasteiger partial charge in [-0.15, -0.1) is 0 Å². The van der Waals surface area contributed by atoms with Crippen molar-refractivity contribution < 1.29 is 19.0 Å². The molecular formula is C26H26N2O4. The highest BCUT2D eigenvalue weighted by Gasteiger charge is 2.18. The third-order valence-corrected chi connectivity index (χ3v) is 5.30. The Bertz CT molecular complexity index is 1180. The minimum atomic E-state index is -0.198. The Labute approximate surface area is 187 Å². The molecule has 0 atom stereocenters. The molecule has 4 rings (SSSR count). The number of carbonyl (C=O) groups excluding carboxylic acids is 1. The predicted octanol–water partition coefficient (Wildman–Crippen LogP) is 4.74. The Morgan fingerprint density at radius 3 is 2.34 bits per heavy atom. The van der Waals surface area contributed by atoms with Crippen LogP contribution in [0.5, 0.6) is 17.2 Å². The van der Waals surface area contributed by atoms with E-state index in [4.69, 9.17) is 14.2 Å². The summed E-state index contributed by atoms with van der Waals surface area (Å²) in [6, 6.07) is 21.3. The van der Waals surface area contributed by atoms with Crippen LogP contribution in [0.25, 0.3) is 10.9 Å². The summed E-state index contributed by atoms with van der Waals surface area (Å²) in [5.41, 5.74) is 3.73. The first-order valence-electron chi connectivity index (χ1n) is 10.5. The van der Waals surface area contributed by atoms with E-state index in [0.717, 1.165) is 17.5 Å². The first kappa shape index (κ1) is 21.3. The molecule has 0 radical (unpaired) electrons. The van der Waals surface area contributed by atoms with Crippen LogP contribution in [-0.2, 0) is 13.0 Å². The van der Waals surface area contributed by atoms with Gasteiger partial charge in [0.05, 0.1) is 14.2 Å². The van der Waals surface area contributed by atoms with Crippen molar-refractivity contribution in [3.05, 3.63) is 89.6 Å². The Balaban J connectivity index is 1.44. The van der Waals surface area contributed by atoms with Crippen LogP contribution in [-0.4, -0.2) is 31.7 Å². The number of methoxy groups -OCH3 is 2. The molecule has 0 saturated heterocycles. The largest absolute Gasteiger partial charge is 0.493 e. The maximum atomic E-state index is 12.8. The lowest BCUT2D eigenvalue weighted by atomic mass is 10.1. The Morgan fingerprint density at radius 2 is 1.62 bits per heavy atom. The van der Waals surface area contributed by atoms with Gasteiger partial charge in [-0.1, -0.05) is 48.5 Å². The van der Waals surface area contributed by atoms with E-state index < -0.39 is 0 Å². The molecule has 4 aromatic rings. The van der Waals surface area contributed by atoms with Gasteiger partial charge in [-0.25, -0.2) is 0 Å². The van der Waals surface area contributed by atoms with Crippen LogP contribution in [0.3, 0.4) is 0 Å². The Kier molecular flexibility index (Phi) is 6.60. The van der Waals surface area contributed by atoms with E-state index in [9.17, 15) is 4.79 Å². The van der Waals surface area contributed by atoms with Gasteiger partial charge < -0.3 is 24.5 Å². The van der Waals surface area contributed by atoms with Gasteiger partial charge in [0.15, 0.2) is 11.5 Å². The average molecular weight is 431 g/mol. The molecule has 164 valence electrons. The topological polar surface area (TPSA) is 72.6 Å². The van der Waals surface area contributed by atoms with E-state index in [-0.39, 0.29) is 5.91 Å². The summed E-state index contributed by atoms with van der Waals surface area (Å²) in [6.45, 7) is 0.876. The summed E-state index contributed by atoms with van der Waals surface area (Å²) in [6.07, 6.45) is 2.71. The second-order valence-electron chi connectivity index (χ2n) is 7.35. The zero-order chi connectivity index (χ0) is 22.3. The fourth-order valence-corrected chi connectivity index (χ4v) is 3.63. The smallest absolute Gasteiger partial charge is 0.251 e. The van der Waals surface area contributed by atoms with Crippen molar-refractivity contribution in [2.45, 2.75) is 13.0 Å². The number of para-hydroxylation sites is 1. The number of carbonyl (C=O) groups is 1. The minimum Gasteiger partial charge on any atom is -0.493 e. The fourth-order valence-electron chi connectivity index (χ4n) is 3.63. The first-order valence-corrected chi connectivity index (χ1v) is 10.5. The molecule has 32 heavy (non-hydrogen) atoms. The summed E-state index contributed by atoms with van der Waals surface area (Å²) < 4.78 is 16.9. The van der Waals surface area contributed by atoms with E-state index in [1.807, 2.05) is 54.7 Å². The molecular weight excluding hydrogens is 404 g/mol. The van der Waals surface area contributed by atoms with Gasteiger partial charge in [0.2, 0.25) is 5.75 Å². The monoisotopic (exact) mass is 430 g/mol. The lowest BCUT2D eigenvalue weighted by Crippen LogP contribution is -2.25. The van der Waals surface area contributed by atoms with Crippen molar-refractivity contribution in [3.8, 4) is 17.2 Å². The molecule has 0 spiro atoms. The maximum absolute atomic E-state index is 12.8. The summed E-state index contributed by atoms with van der Waals surface area (Å²) in [5, 5.41) is 4.15. The average Bonchev–Trinajstić information content (AvgIpc) is 3.25. The molecule has 0 aliphatic heterocycles. The quantitative estimate of drug-likeness (QED) is 0.402. The van der Waals surface area contributed by atoms with Gasteiger partial charge in [-0.05, 0) is 35.7 Å². The van der Waals surface area contributed by atoms with E-state index in [1.54, 1.807) is 26.4 Å². The minimum absolute atomic E-state index is 0.198. The Morgan fingerprint density at radius 1 is 0.938 bits per heavy atom. The van der Waals surface area contributed by atoms with Gasteiger partial charge >= 0.3 is 0 Å². The molecule has 0 saturated carbocycles. The first-order chi connectivity index (χ1) is 15.7. The van der Waals surface area contributed by atoms with Crippen molar-refractivity contribution in [1.82, 2.24) is 10.3 Å². The van der Waals surface area contributed by atoms with Crippen LogP contribution in [0.15, 0.2) is 72.9 Å². The normalized spacial score (nSPS) is 10.7. The highest BCUT2D eigenvalue weighted by molar-refractivity contribution is 5.95. The standard InChI is InChI=1S/C26H26N2O4/c1-30-23-14-20(15-24(31-2)25(23)32-17-18-8-4-3-5-9-18)26(29)27-13-12-19-16-28-22-11-7-6-10-21(19)22/h3-11,14-16,28H,12-13,17H2,1-2H3,(H,27,29). The number of aromatic amines is 1. The van der Waals surface area contributed by atoms with E-state index in [0.29, 0.717) is 36.0 Å². The number of rotatable bonds is 9. The summed E-state index contributed by atoms with van der Waals surface area (Å²) in [4.78, 5) is 16.1. The number of amides is 1. The van der Waals surface area contributed by atoms with Crippen molar-refractivity contribution >= 4 is 16.8 Å². The predicted molar refractivity (Wildman–Crippen MR) is 125 cm³/mol. The second kappa shape index (κ2) is 9.92. The molecule has 1 aromatic heterocycles.